The van der Waals surface area contributed by atoms with Crippen molar-refractivity contribution in [2.75, 3.05) is 26.2 Å². The molecular weight excluding hydrogens is 150 g/mol. The Bertz CT molecular complexity index is 149. The molecular formula is C7H12F2N2. The SMILES string of the molecule is NCC(F)(F)CN1CC=CC1. The Balaban J connectivity index is 2.30. The molecule has 1 heterocycles. The smallest absolute Gasteiger partial charge is 0.272 e. The van der Waals surface area contributed by atoms with Crippen molar-refractivity contribution in [2.45, 2.75) is 5.92 Å². The van der Waals surface area contributed by atoms with E-state index < -0.39 is 12.5 Å². The third kappa shape index (κ3) is 2.55. The Morgan fingerprint density at radius 2 is 1.91 bits per heavy atom. The molecule has 1 rings (SSSR count). The minimum Gasteiger partial charge on any atom is -0.325 e. The van der Waals surface area contributed by atoms with Crippen molar-refractivity contribution in [3.05, 3.63) is 12.2 Å². The Hall–Kier alpha value is -0.480. The van der Waals surface area contributed by atoms with Gasteiger partial charge in [0.15, 0.2) is 0 Å². The van der Waals surface area contributed by atoms with Crippen LogP contribution in [-0.4, -0.2) is 37.0 Å². The van der Waals surface area contributed by atoms with E-state index in [0.29, 0.717) is 13.1 Å². The lowest BCUT2D eigenvalue weighted by Gasteiger charge is -2.21. The first-order chi connectivity index (χ1) is 5.14. The van der Waals surface area contributed by atoms with Gasteiger partial charge in [-0.2, -0.15) is 0 Å². The molecule has 4 heteroatoms. The molecule has 1 aliphatic rings. The lowest BCUT2D eigenvalue weighted by molar-refractivity contribution is -0.0168. The van der Waals surface area contributed by atoms with Crippen LogP contribution in [0.2, 0.25) is 0 Å². The average Bonchev–Trinajstić information content (AvgIpc) is 2.39. The number of nitrogens with two attached hydrogens (primary N) is 1. The fraction of sp³-hybridized carbons (Fsp3) is 0.714. The van der Waals surface area contributed by atoms with Crippen molar-refractivity contribution in [3.63, 3.8) is 0 Å². The van der Waals surface area contributed by atoms with Crippen LogP contribution in [0.4, 0.5) is 8.78 Å². The van der Waals surface area contributed by atoms with E-state index in [9.17, 15) is 8.78 Å². The Morgan fingerprint density at radius 3 is 2.36 bits per heavy atom. The molecule has 0 radical (unpaired) electrons. The molecule has 0 aromatic rings. The van der Waals surface area contributed by atoms with E-state index in [1.165, 1.54) is 0 Å². The van der Waals surface area contributed by atoms with E-state index in [4.69, 9.17) is 5.73 Å². The second-order valence-electron chi connectivity index (χ2n) is 2.73. The van der Waals surface area contributed by atoms with E-state index in [1.54, 1.807) is 4.90 Å². The molecule has 2 N–H and O–H groups in total. The summed E-state index contributed by atoms with van der Waals surface area (Å²) in [6.07, 6.45) is 3.76. The monoisotopic (exact) mass is 162 g/mol. The normalized spacial score (nSPS) is 19.5. The topological polar surface area (TPSA) is 29.3 Å². The van der Waals surface area contributed by atoms with E-state index >= 15 is 0 Å². The van der Waals surface area contributed by atoms with Crippen molar-refractivity contribution in [1.29, 1.82) is 0 Å². The summed E-state index contributed by atoms with van der Waals surface area (Å²) < 4.78 is 25.2. The Labute approximate surface area is 64.7 Å². The number of rotatable bonds is 3. The molecule has 0 spiro atoms. The van der Waals surface area contributed by atoms with Crippen LogP contribution in [0.3, 0.4) is 0 Å². The van der Waals surface area contributed by atoms with Gasteiger partial charge in [-0.05, 0) is 0 Å². The molecule has 0 atom stereocenters. The lowest BCUT2D eigenvalue weighted by atomic mass is 10.3. The summed E-state index contributed by atoms with van der Waals surface area (Å²) in [5.41, 5.74) is 4.89. The summed E-state index contributed by atoms with van der Waals surface area (Å²) in [4.78, 5) is 1.66. The fourth-order valence-corrected chi connectivity index (χ4v) is 1.04. The van der Waals surface area contributed by atoms with Gasteiger partial charge in [-0.3, -0.25) is 4.90 Å². The summed E-state index contributed by atoms with van der Waals surface area (Å²) in [7, 11) is 0. The minimum absolute atomic E-state index is 0.226. The van der Waals surface area contributed by atoms with Gasteiger partial charge in [-0.15, -0.1) is 0 Å². The molecule has 0 fully saturated rings. The van der Waals surface area contributed by atoms with Gasteiger partial charge in [0.05, 0.1) is 13.1 Å². The number of hydrogen-bond acceptors (Lipinski definition) is 2. The number of nitrogens with zero attached hydrogens (tertiary/aromatic N) is 1. The highest BCUT2D eigenvalue weighted by molar-refractivity contribution is 4.96. The van der Waals surface area contributed by atoms with Gasteiger partial charge < -0.3 is 5.73 Å². The zero-order valence-electron chi connectivity index (χ0n) is 6.26. The zero-order valence-corrected chi connectivity index (χ0v) is 6.26. The van der Waals surface area contributed by atoms with Crippen LogP contribution in [-0.2, 0) is 0 Å². The fourth-order valence-electron chi connectivity index (χ4n) is 1.04. The summed E-state index contributed by atoms with van der Waals surface area (Å²) >= 11 is 0. The maximum atomic E-state index is 12.6. The third-order valence-corrected chi connectivity index (χ3v) is 1.65. The van der Waals surface area contributed by atoms with Crippen LogP contribution in [0.15, 0.2) is 12.2 Å². The highest BCUT2D eigenvalue weighted by Crippen LogP contribution is 2.14. The summed E-state index contributed by atoms with van der Waals surface area (Å²) in [6, 6.07) is 0. The highest BCUT2D eigenvalue weighted by atomic mass is 19.3. The maximum absolute atomic E-state index is 12.6. The van der Waals surface area contributed by atoms with Crippen LogP contribution < -0.4 is 5.73 Å². The largest absolute Gasteiger partial charge is 0.325 e. The minimum atomic E-state index is -2.73. The number of alkyl halides is 2. The summed E-state index contributed by atoms with van der Waals surface area (Å²) in [5, 5.41) is 0. The second-order valence-corrected chi connectivity index (χ2v) is 2.73. The molecule has 0 saturated carbocycles. The molecule has 64 valence electrons. The van der Waals surface area contributed by atoms with E-state index in [2.05, 4.69) is 0 Å². The second kappa shape index (κ2) is 3.28. The Morgan fingerprint density at radius 1 is 1.36 bits per heavy atom. The van der Waals surface area contributed by atoms with Crippen molar-refractivity contribution >= 4 is 0 Å². The van der Waals surface area contributed by atoms with Crippen LogP contribution in [0.25, 0.3) is 0 Å². The molecule has 0 aromatic carbocycles. The van der Waals surface area contributed by atoms with Gasteiger partial charge in [0.2, 0.25) is 0 Å². The summed E-state index contributed by atoms with van der Waals surface area (Å²) in [5.74, 6) is -2.73. The number of halogens is 2. The molecule has 0 aromatic heterocycles. The third-order valence-electron chi connectivity index (χ3n) is 1.65. The highest BCUT2D eigenvalue weighted by Gasteiger charge is 2.29. The first kappa shape index (κ1) is 8.62. The number of hydrogen-bond donors (Lipinski definition) is 1. The van der Waals surface area contributed by atoms with Gasteiger partial charge in [0, 0.05) is 13.1 Å². The van der Waals surface area contributed by atoms with Crippen molar-refractivity contribution in [1.82, 2.24) is 4.90 Å². The van der Waals surface area contributed by atoms with Gasteiger partial charge in [0.25, 0.3) is 5.92 Å². The first-order valence-corrected chi connectivity index (χ1v) is 3.59. The van der Waals surface area contributed by atoms with Gasteiger partial charge in [-0.25, -0.2) is 8.78 Å². The van der Waals surface area contributed by atoms with Crippen LogP contribution in [0.5, 0.6) is 0 Å². The molecule has 1 aliphatic heterocycles. The standard InChI is InChI=1S/C7H12F2N2/c8-7(9,5-10)6-11-3-1-2-4-11/h1-2H,3-6,10H2. The Kier molecular flexibility index (Phi) is 2.57. The van der Waals surface area contributed by atoms with Crippen LogP contribution in [0, 0.1) is 0 Å². The van der Waals surface area contributed by atoms with E-state index in [1.807, 2.05) is 12.2 Å². The van der Waals surface area contributed by atoms with Gasteiger partial charge in [-0.1, -0.05) is 12.2 Å². The lowest BCUT2D eigenvalue weighted by Crippen LogP contribution is -2.40. The molecule has 0 unspecified atom stereocenters. The molecule has 0 aliphatic carbocycles. The predicted molar refractivity (Wildman–Crippen MR) is 39.6 cm³/mol. The van der Waals surface area contributed by atoms with Gasteiger partial charge in [0.1, 0.15) is 0 Å². The maximum Gasteiger partial charge on any atom is 0.272 e. The molecule has 11 heavy (non-hydrogen) atoms. The molecule has 2 nitrogen and oxygen atoms in total. The van der Waals surface area contributed by atoms with Crippen molar-refractivity contribution < 1.29 is 8.78 Å². The van der Waals surface area contributed by atoms with E-state index in [0.717, 1.165) is 0 Å². The van der Waals surface area contributed by atoms with Crippen LogP contribution >= 0.6 is 0 Å². The van der Waals surface area contributed by atoms with Crippen LogP contribution in [0.1, 0.15) is 0 Å². The summed E-state index contributed by atoms with van der Waals surface area (Å²) in [6.45, 7) is 0.450. The molecule has 0 saturated heterocycles. The average molecular weight is 162 g/mol. The van der Waals surface area contributed by atoms with Gasteiger partial charge >= 0.3 is 0 Å². The predicted octanol–water partition coefficient (Wildman–Crippen LogP) is 0.452. The quantitative estimate of drug-likeness (QED) is 0.610. The van der Waals surface area contributed by atoms with Crippen molar-refractivity contribution in [2.24, 2.45) is 5.73 Å². The molecule has 0 amide bonds. The van der Waals surface area contributed by atoms with Crippen molar-refractivity contribution in [3.8, 4) is 0 Å². The van der Waals surface area contributed by atoms with E-state index in [-0.39, 0.29) is 6.54 Å². The molecule has 0 bridgehead atoms. The first-order valence-electron chi connectivity index (χ1n) is 3.59. The zero-order chi connectivity index (χ0) is 8.32.